The Balaban J connectivity index is 2.02. The molecule has 1 amide bonds. The Hall–Kier alpha value is -2.87. The lowest BCUT2D eigenvalue weighted by atomic mass is 10.2. The maximum absolute atomic E-state index is 12.4. The van der Waals surface area contributed by atoms with Crippen molar-refractivity contribution >= 4 is 33.3 Å². The molecule has 0 heterocycles. The van der Waals surface area contributed by atoms with E-state index in [-0.39, 0.29) is 23.4 Å². The summed E-state index contributed by atoms with van der Waals surface area (Å²) in [6.07, 6.45) is -0.241. The van der Waals surface area contributed by atoms with Gasteiger partial charge < -0.3 is 10.1 Å². The van der Waals surface area contributed by atoms with Crippen LogP contribution < -0.4 is 9.62 Å². The maximum atomic E-state index is 12.4. The highest BCUT2D eigenvalue weighted by Crippen LogP contribution is 2.18. The standard InChI is InChI=1S/C18H20N2O5S/c1-20(14-8-4-3-5-9-14)26(23,24)13-12-17(21)19-16-11-7-6-10-15(16)18(22)25-2/h3-11H,12-13H2,1-2H3,(H,19,21). The van der Waals surface area contributed by atoms with Crippen molar-refractivity contribution in [1.82, 2.24) is 0 Å². The first kappa shape index (κ1) is 19.5. The smallest absolute Gasteiger partial charge is 0.339 e. The second kappa shape index (κ2) is 8.48. The number of esters is 1. The Bertz CT molecular complexity index is 881. The number of ether oxygens (including phenoxy) is 1. The molecule has 2 rings (SSSR count). The predicted molar refractivity (Wildman–Crippen MR) is 99.7 cm³/mol. The summed E-state index contributed by atoms with van der Waals surface area (Å²) in [7, 11) is -0.968. The van der Waals surface area contributed by atoms with Crippen LogP contribution >= 0.6 is 0 Å². The zero-order valence-electron chi connectivity index (χ0n) is 14.5. The summed E-state index contributed by atoms with van der Waals surface area (Å²) in [5.74, 6) is -1.45. The molecule has 0 saturated carbocycles. The van der Waals surface area contributed by atoms with E-state index in [0.29, 0.717) is 5.69 Å². The van der Waals surface area contributed by atoms with E-state index in [1.807, 2.05) is 0 Å². The largest absolute Gasteiger partial charge is 0.465 e. The summed E-state index contributed by atoms with van der Waals surface area (Å²) in [5.41, 5.74) is 0.995. The summed E-state index contributed by atoms with van der Waals surface area (Å²) in [6.45, 7) is 0. The number of carbonyl (C=O) groups is 2. The van der Waals surface area contributed by atoms with E-state index in [2.05, 4.69) is 10.1 Å². The fourth-order valence-corrected chi connectivity index (χ4v) is 3.41. The second-order valence-corrected chi connectivity index (χ2v) is 7.57. The molecule has 2 aromatic carbocycles. The third kappa shape index (κ3) is 4.82. The third-order valence-corrected chi connectivity index (χ3v) is 5.50. The van der Waals surface area contributed by atoms with Crippen LogP contribution in [0.5, 0.6) is 0 Å². The molecule has 138 valence electrons. The molecule has 0 spiro atoms. The van der Waals surface area contributed by atoms with Gasteiger partial charge in [0.05, 0.1) is 29.8 Å². The van der Waals surface area contributed by atoms with E-state index in [4.69, 9.17) is 0 Å². The molecule has 0 aliphatic heterocycles. The number of hydrogen-bond acceptors (Lipinski definition) is 5. The number of nitrogens with zero attached hydrogens (tertiary/aromatic N) is 1. The van der Waals surface area contributed by atoms with Crippen molar-refractivity contribution in [3.05, 3.63) is 60.2 Å². The molecule has 26 heavy (non-hydrogen) atoms. The molecule has 1 N–H and O–H groups in total. The fourth-order valence-electron chi connectivity index (χ4n) is 2.25. The number of hydrogen-bond donors (Lipinski definition) is 1. The lowest BCUT2D eigenvalue weighted by Crippen LogP contribution is -2.30. The van der Waals surface area contributed by atoms with Crippen molar-refractivity contribution in [2.24, 2.45) is 0 Å². The molecule has 0 bridgehead atoms. The topological polar surface area (TPSA) is 92.8 Å². The molecular weight excluding hydrogens is 356 g/mol. The minimum Gasteiger partial charge on any atom is -0.465 e. The van der Waals surface area contributed by atoms with E-state index < -0.39 is 21.9 Å². The van der Waals surface area contributed by atoms with Crippen molar-refractivity contribution in [2.45, 2.75) is 6.42 Å². The summed E-state index contributed by atoms with van der Waals surface area (Å²) >= 11 is 0. The zero-order valence-corrected chi connectivity index (χ0v) is 15.3. The van der Waals surface area contributed by atoms with E-state index >= 15 is 0 Å². The highest BCUT2D eigenvalue weighted by atomic mass is 32.2. The molecule has 0 aliphatic rings. The van der Waals surface area contributed by atoms with Crippen LogP contribution in [0.25, 0.3) is 0 Å². The van der Waals surface area contributed by atoms with Gasteiger partial charge in [-0.2, -0.15) is 0 Å². The van der Waals surface area contributed by atoms with Gasteiger partial charge in [-0.3, -0.25) is 9.10 Å². The molecule has 0 atom stereocenters. The summed E-state index contributed by atoms with van der Waals surface area (Å²) in [6, 6.07) is 15.0. The molecule has 0 radical (unpaired) electrons. The molecule has 8 heteroatoms. The number of amides is 1. The number of nitrogens with one attached hydrogen (secondary N) is 1. The van der Waals surface area contributed by atoms with Gasteiger partial charge in [-0.05, 0) is 24.3 Å². The Labute approximate surface area is 152 Å². The first-order valence-corrected chi connectivity index (χ1v) is 9.45. The van der Waals surface area contributed by atoms with Gasteiger partial charge in [-0.25, -0.2) is 13.2 Å². The van der Waals surface area contributed by atoms with Gasteiger partial charge in [0, 0.05) is 13.5 Å². The predicted octanol–water partition coefficient (Wildman–Crippen LogP) is 2.27. The lowest BCUT2D eigenvalue weighted by Gasteiger charge is -2.19. The molecule has 2 aromatic rings. The van der Waals surface area contributed by atoms with E-state index in [0.717, 1.165) is 4.31 Å². The van der Waals surface area contributed by atoms with E-state index in [9.17, 15) is 18.0 Å². The molecule has 7 nitrogen and oxygen atoms in total. The fraction of sp³-hybridized carbons (Fsp3) is 0.222. The van der Waals surface area contributed by atoms with Crippen molar-refractivity contribution in [3.63, 3.8) is 0 Å². The van der Waals surface area contributed by atoms with Crippen LogP contribution in [0.3, 0.4) is 0 Å². The Morgan fingerprint density at radius 2 is 1.65 bits per heavy atom. The number of benzene rings is 2. The molecule has 0 fully saturated rings. The van der Waals surface area contributed by atoms with Crippen LogP contribution in [0.4, 0.5) is 11.4 Å². The van der Waals surface area contributed by atoms with Gasteiger partial charge in [0.1, 0.15) is 0 Å². The minimum atomic E-state index is -3.65. The van der Waals surface area contributed by atoms with Gasteiger partial charge in [-0.1, -0.05) is 30.3 Å². The monoisotopic (exact) mass is 376 g/mol. The zero-order chi connectivity index (χ0) is 19.2. The van der Waals surface area contributed by atoms with E-state index in [1.165, 1.54) is 20.2 Å². The Morgan fingerprint density at radius 1 is 1.04 bits per heavy atom. The molecular formula is C18H20N2O5S. The first-order chi connectivity index (χ1) is 12.3. The van der Waals surface area contributed by atoms with Crippen LogP contribution in [0.15, 0.2) is 54.6 Å². The van der Waals surface area contributed by atoms with Crippen LogP contribution in [0.1, 0.15) is 16.8 Å². The number of methoxy groups -OCH3 is 1. The lowest BCUT2D eigenvalue weighted by molar-refractivity contribution is -0.115. The van der Waals surface area contributed by atoms with Crippen LogP contribution in [0.2, 0.25) is 0 Å². The van der Waals surface area contributed by atoms with Gasteiger partial charge in [0.25, 0.3) is 0 Å². The van der Waals surface area contributed by atoms with Gasteiger partial charge in [-0.15, -0.1) is 0 Å². The minimum absolute atomic E-state index is 0.201. The average Bonchev–Trinajstić information content (AvgIpc) is 2.66. The molecule has 0 unspecified atom stereocenters. The number of carbonyl (C=O) groups excluding carboxylic acids is 2. The highest BCUT2D eigenvalue weighted by Gasteiger charge is 2.20. The summed E-state index contributed by atoms with van der Waals surface area (Å²) in [4.78, 5) is 23.8. The summed E-state index contributed by atoms with van der Waals surface area (Å²) in [5, 5.41) is 2.55. The van der Waals surface area contributed by atoms with Crippen LogP contribution in [0, 0.1) is 0 Å². The normalized spacial score (nSPS) is 10.8. The van der Waals surface area contributed by atoms with Crippen molar-refractivity contribution in [1.29, 1.82) is 0 Å². The number of anilines is 2. The van der Waals surface area contributed by atoms with E-state index in [1.54, 1.807) is 48.5 Å². The number of para-hydroxylation sites is 2. The Kier molecular flexibility index (Phi) is 6.35. The van der Waals surface area contributed by atoms with Gasteiger partial charge in [0.15, 0.2) is 0 Å². The molecule has 0 aromatic heterocycles. The quantitative estimate of drug-likeness (QED) is 0.748. The Morgan fingerprint density at radius 3 is 2.31 bits per heavy atom. The van der Waals surface area contributed by atoms with Crippen LogP contribution in [-0.2, 0) is 19.6 Å². The summed E-state index contributed by atoms with van der Waals surface area (Å²) < 4.78 is 30.6. The van der Waals surface area contributed by atoms with Gasteiger partial charge >= 0.3 is 5.97 Å². The number of sulfonamides is 1. The maximum Gasteiger partial charge on any atom is 0.339 e. The molecule has 0 saturated heterocycles. The van der Waals surface area contributed by atoms with Crippen molar-refractivity contribution < 1.29 is 22.7 Å². The third-order valence-electron chi connectivity index (χ3n) is 3.73. The average molecular weight is 376 g/mol. The SMILES string of the molecule is COC(=O)c1ccccc1NC(=O)CCS(=O)(=O)N(C)c1ccccc1. The molecule has 0 aliphatic carbocycles. The highest BCUT2D eigenvalue weighted by molar-refractivity contribution is 7.92. The van der Waals surface area contributed by atoms with Crippen LogP contribution in [-0.4, -0.2) is 40.2 Å². The van der Waals surface area contributed by atoms with Crippen molar-refractivity contribution in [2.75, 3.05) is 29.5 Å². The number of rotatable bonds is 7. The van der Waals surface area contributed by atoms with Gasteiger partial charge in [0.2, 0.25) is 15.9 Å². The second-order valence-electron chi connectivity index (χ2n) is 5.45. The van der Waals surface area contributed by atoms with Crippen molar-refractivity contribution in [3.8, 4) is 0 Å². The first-order valence-electron chi connectivity index (χ1n) is 7.84.